The van der Waals surface area contributed by atoms with E-state index in [1.165, 1.54) is 37.4 Å². The molecule has 0 aliphatic rings. The van der Waals surface area contributed by atoms with Gasteiger partial charge in [-0.15, -0.1) is 0 Å². The van der Waals surface area contributed by atoms with Crippen molar-refractivity contribution in [1.29, 1.82) is 5.26 Å². The summed E-state index contributed by atoms with van der Waals surface area (Å²) in [5.41, 5.74) is 0.234. The average Bonchev–Trinajstić information content (AvgIpc) is 2.39. The summed E-state index contributed by atoms with van der Waals surface area (Å²) in [7, 11) is 0. The number of aromatic nitrogens is 1. The standard InChI is InChI=1S/C14H9FN2O2/c1-9(18)10-5-6-17-14(7-10)19-13-4-2-3-12(15)11(13)8-16/h2-7H,1H3. The van der Waals surface area contributed by atoms with Crippen molar-refractivity contribution in [2.24, 2.45) is 0 Å². The number of nitriles is 1. The Labute approximate surface area is 109 Å². The van der Waals surface area contributed by atoms with Crippen LogP contribution in [0.15, 0.2) is 36.5 Å². The summed E-state index contributed by atoms with van der Waals surface area (Å²) >= 11 is 0. The van der Waals surface area contributed by atoms with E-state index in [1.807, 2.05) is 0 Å². The molecule has 0 aliphatic carbocycles. The van der Waals surface area contributed by atoms with Gasteiger partial charge in [-0.1, -0.05) is 6.07 Å². The fourth-order valence-electron chi connectivity index (χ4n) is 1.49. The molecule has 2 aromatic rings. The summed E-state index contributed by atoms with van der Waals surface area (Å²) < 4.78 is 18.7. The summed E-state index contributed by atoms with van der Waals surface area (Å²) in [6.45, 7) is 1.42. The Morgan fingerprint density at radius 3 is 2.89 bits per heavy atom. The highest BCUT2D eigenvalue weighted by molar-refractivity contribution is 5.94. The lowest BCUT2D eigenvalue weighted by Gasteiger charge is -2.07. The minimum atomic E-state index is -0.664. The minimum absolute atomic E-state index is 0.0655. The maximum absolute atomic E-state index is 13.4. The number of rotatable bonds is 3. The number of hydrogen-bond donors (Lipinski definition) is 0. The van der Waals surface area contributed by atoms with E-state index < -0.39 is 5.82 Å². The van der Waals surface area contributed by atoms with Crippen LogP contribution in [0.2, 0.25) is 0 Å². The molecule has 0 aliphatic heterocycles. The molecule has 0 radical (unpaired) electrons. The Hall–Kier alpha value is -2.74. The number of Topliss-reactive ketones (excluding diaryl/α,β-unsaturated/α-hetero) is 1. The first-order chi connectivity index (χ1) is 9.11. The average molecular weight is 256 g/mol. The smallest absolute Gasteiger partial charge is 0.219 e. The van der Waals surface area contributed by atoms with Crippen molar-refractivity contribution in [3.8, 4) is 17.7 Å². The highest BCUT2D eigenvalue weighted by Crippen LogP contribution is 2.25. The molecule has 0 atom stereocenters. The number of hydrogen-bond acceptors (Lipinski definition) is 4. The summed E-state index contributed by atoms with van der Waals surface area (Å²) in [4.78, 5) is 15.1. The van der Waals surface area contributed by atoms with E-state index in [1.54, 1.807) is 12.1 Å². The zero-order valence-corrected chi connectivity index (χ0v) is 10.1. The van der Waals surface area contributed by atoms with Crippen LogP contribution in [0.4, 0.5) is 4.39 Å². The van der Waals surface area contributed by atoms with E-state index in [9.17, 15) is 9.18 Å². The molecule has 0 spiro atoms. The van der Waals surface area contributed by atoms with E-state index in [4.69, 9.17) is 10.00 Å². The maximum Gasteiger partial charge on any atom is 0.219 e. The molecule has 19 heavy (non-hydrogen) atoms. The molecule has 1 aromatic carbocycles. The third-order valence-corrected chi connectivity index (χ3v) is 2.44. The molecule has 0 saturated heterocycles. The van der Waals surface area contributed by atoms with Crippen LogP contribution >= 0.6 is 0 Å². The van der Waals surface area contributed by atoms with Gasteiger partial charge in [-0.25, -0.2) is 9.37 Å². The molecule has 4 nitrogen and oxygen atoms in total. The van der Waals surface area contributed by atoms with Crippen LogP contribution in [0.5, 0.6) is 11.6 Å². The van der Waals surface area contributed by atoms with Gasteiger partial charge in [-0.05, 0) is 25.1 Å². The van der Waals surface area contributed by atoms with Crippen LogP contribution in [0, 0.1) is 17.1 Å². The molecule has 2 rings (SSSR count). The van der Waals surface area contributed by atoms with Gasteiger partial charge in [0.1, 0.15) is 23.2 Å². The van der Waals surface area contributed by atoms with Gasteiger partial charge in [0, 0.05) is 17.8 Å². The molecule has 0 amide bonds. The lowest BCUT2D eigenvalue weighted by Crippen LogP contribution is -1.96. The van der Waals surface area contributed by atoms with Crippen molar-refractivity contribution < 1.29 is 13.9 Å². The third kappa shape index (κ3) is 2.75. The lowest BCUT2D eigenvalue weighted by molar-refractivity contribution is 0.101. The number of nitrogens with zero attached hydrogens (tertiary/aromatic N) is 2. The van der Waals surface area contributed by atoms with Gasteiger partial charge >= 0.3 is 0 Å². The molecule has 5 heteroatoms. The molecular weight excluding hydrogens is 247 g/mol. The largest absolute Gasteiger partial charge is 0.438 e. The Kier molecular flexibility index (Phi) is 3.53. The second-order valence-electron chi connectivity index (χ2n) is 3.77. The molecule has 0 unspecified atom stereocenters. The summed E-state index contributed by atoms with van der Waals surface area (Å²) in [6, 6.07) is 8.78. The molecule has 0 N–H and O–H groups in total. The first-order valence-corrected chi connectivity index (χ1v) is 5.45. The van der Waals surface area contributed by atoms with Gasteiger partial charge in [0.2, 0.25) is 5.88 Å². The Morgan fingerprint density at radius 1 is 1.42 bits per heavy atom. The van der Waals surface area contributed by atoms with Crippen molar-refractivity contribution in [3.05, 3.63) is 53.5 Å². The Balaban J connectivity index is 2.37. The molecule has 1 heterocycles. The van der Waals surface area contributed by atoms with Crippen LogP contribution in [0.1, 0.15) is 22.8 Å². The number of pyridine rings is 1. The molecule has 0 bridgehead atoms. The van der Waals surface area contributed by atoms with Gasteiger partial charge in [-0.3, -0.25) is 4.79 Å². The topological polar surface area (TPSA) is 63.0 Å². The number of halogens is 1. The van der Waals surface area contributed by atoms with Gasteiger partial charge in [-0.2, -0.15) is 5.26 Å². The van der Waals surface area contributed by atoms with E-state index in [0.29, 0.717) is 5.56 Å². The Morgan fingerprint density at radius 2 is 2.21 bits per heavy atom. The molecular formula is C14H9FN2O2. The monoisotopic (exact) mass is 256 g/mol. The zero-order chi connectivity index (χ0) is 13.8. The lowest BCUT2D eigenvalue weighted by atomic mass is 10.2. The number of benzene rings is 1. The Bertz CT molecular complexity index is 677. The highest BCUT2D eigenvalue weighted by Gasteiger charge is 2.11. The van der Waals surface area contributed by atoms with Crippen LogP contribution in [-0.2, 0) is 0 Å². The second-order valence-corrected chi connectivity index (χ2v) is 3.77. The predicted molar refractivity (Wildman–Crippen MR) is 65.4 cm³/mol. The summed E-state index contributed by atoms with van der Waals surface area (Å²) in [6.07, 6.45) is 1.41. The quantitative estimate of drug-likeness (QED) is 0.791. The highest BCUT2D eigenvalue weighted by atomic mass is 19.1. The summed E-state index contributed by atoms with van der Waals surface area (Å²) in [5, 5.41) is 8.88. The fourth-order valence-corrected chi connectivity index (χ4v) is 1.49. The van der Waals surface area contributed by atoms with Crippen molar-refractivity contribution in [2.75, 3.05) is 0 Å². The fraction of sp³-hybridized carbons (Fsp3) is 0.0714. The van der Waals surface area contributed by atoms with E-state index in [0.717, 1.165) is 0 Å². The number of carbonyl (C=O) groups is 1. The first-order valence-electron chi connectivity index (χ1n) is 5.45. The SMILES string of the molecule is CC(=O)c1ccnc(Oc2cccc(F)c2C#N)c1. The second kappa shape index (κ2) is 5.27. The van der Waals surface area contributed by atoms with Crippen molar-refractivity contribution in [2.45, 2.75) is 6.92 Å². The van der Waals surface area contributed by atoms with Gasteiger partial charge in [0.05, 0.1) is 0 Å². The molecule has 0 saturated carbocycles. The number of ketones is 1. The predicted octanol–water partition coefficient (Wildman–Crippen LogP) is 3.09. The van der Waals surface area contributed by atoms with Crippen LogP contribution in [0.25, 0.3) is 0 Å². The van der Waals surface area contributed by atoms with Gasteiger partial charge in [0.25, 0.3) is 0 Å². The normalized spacial score (nSPS) is 9.74. The van der Waals surface area contributed by atoms with Crippen LogP contribution in [0.3, 0.4) is 0 Å². The minimum Gasteiger partial charge on any atom is -0.438 e. The summed E-state index contributed by atoms with van der Waals surface area (Å²) in [5.74, 6) is -0.597. The van der Waals surface area contributed by atoms with Crippen LogP contribution in [-0.4, -0.2) is 10.8 Å². The van der Waals surface area contributed by atoms with E-state index in [-0.39, 0.29) is 23.0 Å². The van der Waals surface area contributed by atoms with Crippen LogP contribution < -0.4 is 4.74 Å². The molecule has 1 aromatic heterocycles. The number of carbonyl (C=O) groups excluding carboxylic acids is 1. The van der Waals surface area contributed by atoms with Gasteiger partial charge in [0.15, 0.2) is 5.78 Å². The first kappa shape index (κ1) is 12.7. The van der Waals surface area contributed by atoms with Crippen molar-refractivity contribution >= 4 is 5.78 Å². The van der Waals surface area contributed by atoms with Crippen molar-refractivity contribution in [3.63, 3.8) is 0 Å². The molecule has 94 valence electrons. The third-order valence-electron chi connectivity index (χ3n) is 2.44. The molecule has 0 fully saturated rings. The number of ether oxygens (including phenoxy) is 1. The maximum atomic E-state index is 13.4. The van der Waals surface area contributed by atoms with Gasteiger partial charge < -0.3 is 4.74 Å². The zero-order valence-electron chi connectivity index (χ0n) is 10.1. The van der Waals surface area contributed by atoms with E-state index >= 15 is 0 Å². The van der Waals surface area contributed by atoms with E-state index in [2.05, 4.69) is 4.98 Å². The van der Waals surface area contributed by atoms with Crippen molar-refractivity contribution in [1.82, 2.24) is 4.98 Å².